The number of benzene rings is 1. The first-order valence-electron chi connectivity index (χ1n) is 11.6. The number of fused-ring (bicyclic) bond motifs is 1. The lowest BCUT2D eigenvalue weighted by Gasteiger charge is -2.29. The zero-order chi connectivity index (χ0) is 21.5. The number of morpholine rings is 1. The predicted molar refractivity (Wildman–Crippen MR) is 137 cm³/mol. The number of ether oxygens (including phenoxy) is 2. The highest BCUT2D eigenvalue weighted by Crippen LogP contribution is 2.31. The van der Waals surface area contributed by atoms with E-state index in [2.05, 4.69) is 22.0 Å². The summed E-state index contributed by atoms with van der Waals surface area (Å²) in [6.07, 6.45) is 2.03. The molecule has 178 valence electrons. The first-order chi connectivity index (χ1) is 15.2. The minimum atomic E-state index is 0. The number of anilines is 1. The minimum Gasteiger partial charge on any atom is -0.482 e. The van der Waals surface area contributed by atoms with Gasteiger partial charge in [-0.1, -0.05) is 12.1 Å². The van der Waals surface area contributed by atoms with Crippen LogP contribution in [-0.2, 0) is 9.53 Å². The summed E-state index contributed by atoms with van der Waals surface area (Å²) in [5.41, 5.74) is 0.861. The van der Waals surface area contributed by atoms with Crippen LogP contribution in [0.2, 0.25) is 0 Å². The number of guanidine groups is 1. The molecule has 0 saturated carbocycles. The van der Waals surface area contributed by atoms with Crippen LogP contribution in [0.3, 0.4) is 0 Å². The predicted octanol–water partition coefficient (Wildman–Crippen LogP) is 2.04. The molecule has 0 bridgehead atoms. The van der Waals surface area contributed by atoms with Crippen molar-refractivity contribution in [2.75, 3.05) is 77.1 Å². The van der Waals surface area contributed by atoms with Crippen molar-refractivity contribution in [3.05, 3.63) is 24.3 Å². The molecular formula is C23H36IN5O3. The Hall–Kier alpha value is -1.59. The summed E-state index contributed by atoms with van der Waals surface area (Å²) < 4.78 is 11.0. The van der Waals surface area contributed by atoms with E-state index in [4.69, 9.17) is 14.5 Å². The molecule has 1 unspecified atom stereocenters. The number of carbonyl (C=O) groups excluding carboxylic acids is 1. The van der Waals surface area contributed by atoms with Gasteiger partial charge in [0.25, 0.3) is 5.91 Å². The Labute approximate surface area is 208 Å². The number of aliphatic imine (C=N–C) groups is 1. The van der Waals surface area contributed by atoms with Gasteiger partial charge in [-0.2, -0.15) is 0 Å². The Balaban J connectivity index is 0.00000289. The van der Waals surface area contributed by atoms with E-state index < -0.39 is 0 Å². The molecule has 9 heteroatoms. The van der Waals surface area contributed by atoms with Crippen LogP contribution in [0.5, 0.6) is 5.75 Å². The molecule has 32 heavy (non-hydrogen) atoms. The zero-order valence-electron chi connectivity index (χ0n) is 19.0. The largest absolute Gasteiger partial charge is 0.482 e. The number of nitrogens with one attached hydrogen (secondary N) is 1. The topological polar surface area (TPSA) is 69.6 Å². The van der Waals surface area contributed by atoms with Gasteiger partial charge in [-0.25, -0.2) is 0 Å². The second-order valence-corrected chi connectivity index (χ2v) is 8.40. The number of amides is 1. The first kappa shape index (κ1) is 25.0. The number of hydrogen-bond donors (Lipinski definition) is 1. The number of carbonyl (C=O) groups is 1. The van der Waals surface area contributed by atoms with Crippen molar-refractivity contribution in [3.8, 4) is 5.75 Å². The number of rotatable bonds is 7. The van der Waals surface area contributed by atoms with E-state index in [9.17, 15) is 4.79 Å². The maximum absolute atomic E-state index is 12.3. The van der Waals surface area contributed by atoms with Gasteiger partial charge in [-0.15, -0.1) is 24.0 Å². The summed E-state index contributed by atoms with van der Waals surface area (Å²) in [4.78, 5) is 23.9. The van der Waals surface area contributed by atoms with Crippen LogP contribution < -0.4 is 15.0 Å². The molecule has 2 fully saturated rings. The van der Waals surface area contributed by atoms with Gasteiger partial charge in [0, 0.05) is 52.4 Å². The molecule has 1 N–H and O–H groups in total. The molecule has 0 aliphatic carbocycles. The third-order valence-electron chi connectivity index (χ3n) is 6.15. The van der Waals surface area contributed by atoms with Crippen molar-refractivity contribution in [3.63, 3.8) is 0 Å². The number of halogens is 1. The Morgan fingerprint density at radius 3 is 2.84 bits per heavy atom. The van der Waals surface area contributed by atoms with E-state index >= 15 is 0 Å². The minimum absolute atomic E-state index is 0. The SMILES string of the molecule is CCNC(=NCCCN1C(=O)COc2ccccc21)N1CCC(CN2CCOCC2)C1.I. The van der Waals surface area contributed by atoms with E-state index in [1.165, 1.54) is 6.42 Å². The van der Waals surface area contributed by atoms with Crippen molar-refractivity contribution >= 4 is 41.5 Å². The van der Waals surface area contributed by atoms with E-state index in [1.807, 2.05) is 29.2 Å². The molecule has 1 atom stereocenters. The van der Waals surface area contributed by atoms with E-state index in [0.717, 1.165) is 76.3 Å². The summed E-state index contributed by atoms with van der Waals surface area (Å²) in [6.45, 7) is 11.5. The van der Waals surface area contributed by atoms with E-state index in [-0.39, 0.29) is 36.5 Å². The molecular weight excluding hydrogens is 521 g/mol. The van der Waals surface area contributed by atoms with Gasteiger partial charge >= 0.3 is 0 Å². The van der Waals surface area contributed by atoms with Gasteiger partial charge in [0.15, 0.2) is 12.6 Å². The maximum Gasteiger partial charge on any atom is 0.265 e. The molecule has 1 aromatic rings. The fourth-order valence-electron chi connectivity index (χ4n) is 4.56. The van der Waals surface area contributed by atoms with Gasteiger partial charge in [-0.3, -0.25) is 14.7 Å². The van der Waals surface area contributed by atoms with Gasteiger partial charge in [0.2, 0.25) is 0 Å². The second kappa shape index (κ2) is 12.6. The summed E-state index contributed by atoms with van der Waals surface area (Å²) in [6, 6.07) is 7.73. The van der Waals surface area contributed by atoms with Crippen LogP contribution in [0.1, 0.15) is 19.8 Å². The molecule has 1 aromatic carbocycles. The van der Waals surface area contributed by atoms with Crippen molar-refractivity contribution < 1.29 is 14.3 Å². The molecule has 4 rings (SSSR count). The number of nitrogens with zero attached hydrogens (tertiary/aromatic N) is 4. The average Bonchev–Trinajstić information content (AvgIpc) is 3.26. The van der Waals surface area contributed by atoms with Crippen molar-refractivity contribution in [2.24, 2.45) is 10.9 Å². The van der Waals surface area contributed by atoms with Crippen LogP contribution in [-0.4, -0.2) is 93.8 Å². The lowest BCUT2D eigenvalue weighted by molar-refractivity contribution is -0.121. The van der Waals surface area contributed by atoms with Crippen molar-refractivity contribution in [1.29, 1.82) is 0 Å². The van der Waals surface area contributed by atoms with Crippen molar-refractivity contribution in [1.82, 2.24) is 15.1 Å². The van der Waals surface area contributed by atoms with Gasteiger partial charge < -0.3 is 24.6 Å². The molecule has 3 heterocycles. The molecule has 3 aliphatic heterocycles. The normalized spacial score (nSPS) is 21.7. The van der Waals surface area contributed by atoms with Crippen LogP contribution >= 0.6 is 24.0 Å². The van der Waals surface area contributed by atoms with E-state index in [0.29, 0.717) is 19.0 Å². The summed E-state index contributed by atoms with van der Waals surface area (Å²) in [7, 11) is 0. The summed E-state index contributed by atoms with van der Waals surface area (Å²) in [5.74, 6) is 2.48. The molecule has 0 spiro atoms. The Morgan fingerprint density at radius 1 is 1.22 bits per heavy atom. The van der Waals surface area contributed by atoms with Crippen LogP contribution in [0, 0.1) is 5.92 Å². The highest BCUT2D eigenvalue weighted by Gasteiger charge is 2.27. The fourth-order valence-corrected chi connectivity index (χ4v) is 4.56. The Morgan fingerprint density at radius 2 is 2.03 bits per heavy atom. The highest BCUT2D eigenvalue weighted by atomic mass is 127. The van der Waals surface area contributed by atoms with E-state index in [1.54, 1.807) is 0 Å². The monoisotopic (exact) mass is 557 g/mol. The van der Waals surface area contributed by atoms with Crippen LogP contribution in [0.15, 0.2) is 29.3 Å². The molecule has 2 saturated heterocycles. The molecule has 1 amide bonds. The average molecular weight is 557 g/mol. The fraction of sp³-hybridized carbons (Fsp3) is 0.652. The zero-order valence-corrected chi connectivity index (χ0v) is 21.3. The Bertz CT molecular complexity index is 772. The number of para-hydroxylation sites is 2. The van der Waals surface area contributed by atoms with Crippen LogP contribution in [0.25, 0.3) is 0 Å². The molecule has 0 aromatic heterocycles. The molecule has 8 nitrogen and oxygen atoms in total. The number of likely N-dealkylation sites (tertiary alicyclic amines) is 1. The highest BCUT2D eigenvalue weighted by molar-refractivity contribution is 14.0. The van der Waals surface area contributed by atoms with Gasteiger partial charge in [0.1, 0.15) is 5.75 Å². The Kier molecular flexibility index (Phi) is 9.86. The first-order valence-corrected chi connectivity index (χ1v) is 11.6. The molecule has 3 aliphatic rings. The quantitative estimate of drug-likeness (QED) is 0.240. The summed E-state index contributed by atoms with van der Waals surface area (Å²) in [5, 5.41) is 3.45. The third kappa shape index (κ3) is 6.48. The lowest BCUT2D eigenvalue weighted by Crippen LogP contribution is -2.42. The lowest BCUT2D eigenvalue weighted by atomic mass is 10.1. The smallest absolute Gasteiger partial charge is 0.265 e. The standard InChI is InChI=1S/C23H35N5O3.HI/c1-2-24-23(27-11-8-19(17-27)16-26-12-14-30-15-13-26)25-9-5-10-28-20-6-3-4-7-21(20)31-18-22(28)29;/h3-4,6-7,19H,2,5,8-18H2,1H3,(H,24,25);1H. The maximum atomic E-state index is 12.3. The van der Waals surface area contributed by atoms with Gasteiger partial charge in [0.05, 0.1) is 18.9 Å². The second-order valence-electron chi connectivity index (χ2n) is 8.40. The van der Waals surface area contributed by atoms with Crippen molar-refractivity contribution in [2.45, 2.75) is 19.8 Å². The van der Waals surface area contributed by atoms with Gasteiger partial charge in [-0.05, 0) is 37.8 Å². The number of hydrogen-bond acceptors (Lipinski definition) is 5. The third-order valence-corrected chi connectivity index (χ3v) is 6.15. The van der Waals surface area contributed by atoms with Crippen LogP contribution in [0.4, 0.5) is 5.69 Å². The molecule has 0 radical (unpaired) electrons. The summed E-state index contributed by atoms with van der Waals surface area (Å²) >= 11 is 0.